The zero-order valence-electron chi connectivity index (χ0n) is 9.82. The van der Waals surface area contributed by atoms with Crippen LogP contribution in [0.1, 0.15) is 5.56 Å². The second-order valence-electron chi connectivity index (χ2n) is 3.42. The molecule has 0 radical (unpaired) electrons. The van der Waals surface area contributed by atoms with E-state index in [2.05, 4.69) is 5.32 Å². The van der Waals surface area contributed by atoms with Crippen LogP contribution >= 0.6 is 0 Å². The summed E-state index contributed by atoms with van der Waals surface area (Å²) in [5.74, 6) is 0.557. The van der Waals surface area contributed by atoms with Crippen LogP contribution in [0, 0.1) is 0 Å². The average Bonchev–Trinajstić information content (AvgIpc) is 2.35. The molecule has 1 N–H and O–H groups in total. The predicted octanol–water partition coefficient (Wildman–Crippen LogP) is 0.999. The molecule has 0 amide bonds. The SMILES string of the molecule is CN[C@@H](Cc1ccc(OC)cc1)C(=O)OC. The van der Waals surface area contributed by atoms with Crippen molar-refractivity contribution in [1.82, 2.24) is 5.32 Å². The van der Waals surface area contributed by atoms with E-state index in [1.54, 1.807) is 14.2 Å². The topological polar surface area (TPSA) is 47.6 Å². The maximum Gasteiger partial charge on any atom is 0.323 e. The van der Waals surface area contributed by atoms with Gasteiger partial charge in [-0.25, -0.2) is 0 Å². The molecule has 16 heavy (non-hydrogen) atoms. The highest BCUT2D eigenvalue weighted by Gasteiger charge is 2.16. The van der Waals surface area contributed by atoms with E-state index in [0.717, 1.165) is 11.3 Å². The number of carbonyl (C=O) groups is 1. The normalized spacial score (nSPS) is 11.9. The minimum absolute atomic E-state index is 0.252. The first-order valence-corrected chi connectivity index (χ1v) is 5.09. The Labute approximate surface area is 95.6 Å². The summed E-state index contributed by atoms with van der Waals surface area (Å²) in [5, 5.41) is 2.92. The van der Waals surface area contributed by atoms with Crippen LogP contribution in [0.15, 0.2) is 24.3 Å². The molecule has 0 aliphatic heterocycles. The summed E-state index contributed by atoms with van der Waals surface area (Å²) in [6.45, 7) is 0. The van der Waals surface area contributed by atoms with Crippen molar-refractivity contribution in [3.8, 4) is 5.75 Å². The van der Waals surface area contributed by atoms with Gasteiger partial charge in [0.05, 0.1) is 14.2 Å². The monoisotopic (exact) mass is 223 g/mol. The van der Waals surface area contributed by atoms with Crippen LogP contribution in [-0.2, 0) is 16.0 Å². The molecule has 4 heteroatoms. The Hall–Kier alpha value is -1.55. The highest BCUT2D eigenvalue weighted by atomic mass is 16.5. The second-order valence-corrected chi connectivity index (χ2v) is 3.42. The number of methoxy groups -OCH3 is 2. The fourth-order valence-electron chi connectivity index (χ4n) is 1.44. The Kier molecular flexibility index (Phi) is 4.79. The Morgan fingerprint density at radius 2 is 1.94 bits per heavy atom. The second kappa shape index (κ2) is 6.12. The van der Waals surface area contributed by atoms with Gasteiger partial charge in [-0.2, -0.15) is 0 Å². The number of hydrogen-bond donors (Lipinski definition) is 1. The summed E-state index contributed by atoms with van der Waals surface area (Å²) in [6.07, 6.45) is 0.604. The summed E-state index contributed by atoms with van der Waals surface area (Å²) in [5.41, 5.74) is 1.06. The third-order valence-corrected chi connectivity index (χ3v) is 2.43. The highest BCUT2D eigenvalue weighted by Crippen LogP contribution is 2.12. The molecule has 0 aromatic heterocycles. The van der Waals surface area contributed by atoms with Crippen molar-refractivity contribution in [2.24, 2.45) is 0 Å². The van der Waals surface area contributed by atoms with Gasteiger partial charge in [-0.05, 0) is 31.2 Å². The van der Waals surface area contributed by atoms with Crippen LogP contribution in [0.2, 0.25) is 0 Å². The van der Waals surface area contributed by atoms with E-state index < -0.39 is 0 Å². The van der Waals surface area contributed by atoms with E-state index in [1.807, 2.05) is 24.3 Å². The smallest absolute Gasteiger partial charge is 0.323 e. The van der Waals surface area contributed by atoms with Crippen LogP contribution < -0.4 is 10.1 Å². The van der Waals surface area contributed by atoms with Crippen molar-refractivity contribution in [3.63, 3.8) is 0 Å². The van der Waals surface area contributed by atoms with E-state index in [0.29, 0.717) is 6.42 Å². The molecule has 0 fully saturated rings. The van der Waals surface area contributed by atoms with Gasteiger partial charge >= 0.3 is 5.97 Å². The summed E-state index contributed by atoms with van der Waals surface area (Å²) >= 11 is 0. The Balaban J connectivity index is 2.66. The molecule has 0 aliphatic rings. The number of esters is 1. The van der Waals surface area contributed by atoms with Crippen LogP contribution in [0.5, 0.6) is 5.75 Å². The first-order chi connectivity index (χ1) is 7.71. The number of likely N-dealkylation sites (N-methyl/N-ethyl adjacent to an activating group) is 1. The van der Waals surface area contributed by atoms with E-state index in [-0.39, 0.29) is 12.0 Å². The molecule has 88 valence electrons. The van der Waals surface area contributed by atoms with Gasteiger partial charge in [0, 0.05) is 0 Å². The quantitative estimate of drug-likeness (QED) is 0.756. The Morgan fingerprint density at radius 1 is 1.31 bits per heavy atom. The lowest BCUT2D eigenvalue weighted by atomic mass is 10.1. The molecule has 1 aromatic rings. The maximum atomic E-state index is 11.4. The third-order valence-electron chi connectivity index (χ3n) is 2.43. The third kappa shape index (κ3) is 3.24. The zero-order chi connectivity index (χ0) is 12.0. The lowest BCUT2D eigenvalue weighted by Gasteiger charge is -2.13. The number of hydrogen-bond acceptors (Lipinski definition) is 4. The van der Waals surface area contributed by atoms with Gasteiger partial charge in [-0.15, -0.1) is 0 Å². The van der Waals surface area contributed by atoms with Gasteiger partial charge in [0.15, 0.2) is 0 Å². The summed E-state index contributed by atoms with van der Waals surface area (Å²) in [4.78, 5) is 11.4. The fourth-order valence-corrected chi connectivity index (χ4v) is 1.44. The van der Waals surface area contributed by atoms with Crippen molar-refractivity contribution in [1.29, 1.82) is 0 Å². The zero-order valence-corrected chi connectivity index (χ0v) is 9.82. The van der Waals surface area contributed by atoms with Gasteiger partial charge < -0.3 is 14.8 Å². The molecule has 0 saturated heterocycles. The lowest BCUT2D eigenvalue weighted by Crippen LogP contribution is -2.36. The van der Waals surface area contributed by atoms with E-state index in [4.69, 9.17) is 9.47 Å². The average molecular weight is 223 g/mol. The number of nitrogens with one attached hydrogen (secondary N) is 1. The van der Waals surface area contributed by atoms with Gasteiger partial charge in [0.2, 0.25) is 0 Å². The predicted molar refractivity (Wildman–Crippen MR) is 61.6 cm³/mol. The van der Waals surface area contributed by atoms with Crippen LogP contribution in [-0.4, -0.2) is 33.3 Å². The molecule has 1 atom stereocenters. The van der Waals surface area contributed by atoms with Crippen LogP contribution in [0.3, 0.4) is 0 Å². The summed E-state index contributed by atoms with van der Waals surface area (Å²) in [7, 11) is 4.76. The summed E-state index contributed by atoms with van der Waals surface area (Å²) in [6, 6.07) is 7.31. The highest BCUT2D eigenvalue weighted by molar-refractivity contribution is 5.76. The van der Waals surface area contributed by atoms with Crippen molar-refractivity contribution in [3.05, 3.63) is 29.8 Å². The van der Waals surface area contributed by atoms with Gasteiger partial charge in [0.1, 0.15) is 11.8 Å². The number of rotatable bonds is 5. The molecule has 1 aromatic carbocycles. The summed E-state index contributed by atoms with van der Waals surface area (Å²) < 4.78 is 9.76. The Morgan fingerprint density at radius 3 is 2.38 bits per heavy atom. The molecule has 0 aliphatic carbocycles. The van der Waals surface area contributed by atoms with Crippen molar-refractivity contribution in [2.75, 3.05) is 21.3 Å². The first kappa shape index (κ1) is 12.5. The minimum atomic E-state index is -0.307. The largest absolute Gasteiger partial charge is 0.497 e. The number of benzene rings is 1. The van der Waals surface area contributed by atoms with Gasteiger partial charge in [0.25, 0.3) is 0 Å². The Bertz CT molecular complexity index is 335. The molecular weight excluding hydrogens is 206 g/mol. The molecule has 0 heterocycles. The molecule has 0 bridgehead atoms. The molecule has 0 unspecified atom stereocenters. The van der Waals surface area contributed by atoms with Crippen LogP contribution in [0.25, 0.3) is 0 Å². The molecule has 0 saturated carbocycles. The van der Waals surface area contributed by atoms with E-state index in [9.17, 15) is 4.79 Å². The molecule has 1 rings (SSSR count). The van der Waals surface area contributed by atoms with Gasteiger partial charge in [-0.3, -0.25) is 4.79 Å². The number of ether oxygens (including phenoxy) is 2. The van der Waals surface area contributed by atoms with Crippen molar-refractivity contribution < 1.29 is 14.3 Å². The molecule has 0 spiro atoms. The van der Waals surface area contributed by atoms with E-state index >= 15 is 0 Å². The van der Waals surface area contributed by atoms with E-state index in [1.165, 1.54) is 7.11 Å². The van der Waals surface area contributed by atoms with Crippen molar-refractivity contribution >= 4 is 5.97 Å². The lowest BCUT2D eigenvalue weighted by molar-refractivity contribution is -0.142. The molecule has 4 nitrogen and oxygen atoms in total. The fraction of sp³-hybridized carbons (Fsp3) is 0.417. The first-order valence-electron chi connectivity index (χ1n) is 5.09. The number of carbonyl (C=O) groups excluding carboxylic acids is 1. The van der Waals surface area contributed by atoms with Crippen molar-refractivity contribution in [2.45, 2.75) is 12.5 Å². The standard InChI is InChI=1S/C12H17NO3/c1-13-11(12(14)16-3)8-9-4-6-10(15-2)7-5-9/h4-7,11,13H,8H2,1-3H3/t11-/m0/s1. The van der Waals surface area contributed by atoms with Crippen LogP contribution in [0.4, 0.5) is 0 Å². The maximum absolute atomic E-state index is 11.4. The van der Waals surface area contributed by atoms with Gasteiger partial charge in [-0.1, -0.05) is 12.1 Å². The minimum Gasteiger partial charge on any atom is -0.497 e. The molecular formula is C12H17NO3.